The first-order chi connectivity index (χ1) is 12.8. The van der Waals surface area contributed by atoms with E-state index in [0.717, 1.165) is 0 Å². The van der Waals surface area contributed by atoms with E-state index >= 15 is 0 Å². The summed E-state index contributed by atoms with van der Waals surface area (Å²) in [6.07, 6.45) is 22.7. The van der Waals surface area contributed by atoms with Crippen molar-refractivity contribution in [1.82, 2.24) is 0 Å². The second kappa shape index (κ2) is 22.9. The number of halogens is 1. The lowest BCUT2D eigenvalue weighted by Crippen LogP contribution is -1.84. The number of hydrogen-bond acceptors (Lipinski definition) is 1. The minimum atomic E-state index is 0.612. The van der Waals surface area contributed by atoms with Crippen LogP contribution >= 0.6 is 23.4 Å². The molecule has 0 bridgehead atoms. The molecule has 0 aliphatic heterocycles. The van der Waals surface area contributed by atoms with Gasteiger partial charge in [-0.2, -0.15) is 11.8 Å². The highest BCUT2D eigenvalue weighted by Gasteiger charge is 1.93. The summed E-state index contributed by atoms with van der Waals surface area (Å²) >= 11 is 7.51. The van der Waals surface area contributed by atoms with E-state index in [9.17, 15) is 0 Å². The van der Waals surface area contributed by atoms with Crippen LogP contribution in [0.2, 0.25) is 0 Å². The van der Waals surface area contributed by atoms with Gasteiger partial charge in [-0.05, 0) is 24.0 Å². The number of thioether (sulfide) groups is 1. The second-order valence-electron chi connectivity index (χ2n) is 7.21. The number of alkyl halides is 1. The van der Waals surface area contributed by atoms with Crippen LogP contribution in [0.15, 0.2) is 30.3 Å². The van der Waals surface area contributed by atoms with Gasteiger partial charge in [-0.25, -0.2) is 0 Å². The molecule has 0 aliphatic rings. The van der Waals surface area contributed by atoms with Gasteiger partial charge in [0.2, 0.25) is 0 Å². The molecule has 0 saturated heterocycles. The van der Waals surface area contributed by atoms with Crippen molar-refractivity contribution in [3.05, 3.63) is 35.9 Å². The topological polar surface area (TPSA) is 0 Å². The lowest BCUT2D eigenvalue weighted by Gasteiger charge is -2.02. The summed E-state index contributed by atoms with van der Waals surface area (Å²) in [6.45, 7) is 2.29. The van der Waals surface area contributed by atoms with Gasteiger partial charge in [0.05, 0.1) is 0 Å². The van der Waals surface area contributed by atoms with Gasteiger partial charge < -0.3 is 0 Å². The van der Waals surface area contributed by atoms with E-state index in [4.69, 9.17) is 11.6 Å². The SMILES string of the molecule is CCCCCCCCCCCCCCCCSC.ClCc1ccccc1. The summed E-state index contributed by atoms with van der Waals surface area (Å²) in [7, 11) is 0. The van der Waals surface area contributed by atoms with Crippen LogP contribution < -0.4 is 0 Å². The van der Waals surface area contributed by atoms with Gasteiger partial charge in [0.1, 0.15) is 0 Å². The summed E-state index contributed by atoms with van der Waals surface area (Å²) in [5.41, 5.74) is 1.18. The molecule has 0 heterocycles. The molecule has 0 spiro atoms. The van der Waals surface area contributed by atoms with Crippen LogP contribution in [0.25, 0.3) is 0 Å². The van der Waals surface area contributed by atoms with Crippen molar-refractivity contribution in [2.24, 2.45) is 0 Å². The van der Waals surface area contributed by atoms with Gasteiger partial charge in [0.25, 0.3) is 0 Å². The van der Waals surface area contributed by atoms with E-state index in [1.807, 2.05) is 42.1 Å². The molecule has 0 radical (unpaired) electrons. The van der Waals surface area contributed by atoms with Crippen molar-refractivity contribution in [3.63, 3.8) is 0 Å². The minimum absolute atomic E-state index is 0.612. The first-order valence-corrected chi connectivity index (χ1v) is 12.9. The first-order valence-electron chi connectivity index (χ1n) is 10.9. The molecule has 0 nitrogen and oxygen atoms in total. The van der Waals surface area contributed by atoms with Crippen LogP contribution in [0.1, 0.15) is 102 Å². The smallest absolute Gasteiger partial charge is 0.0474 e. The van der Waals surface area contributed by atoms with Gasteiger partial charge in [-0.15, -0.1) is 11.6 Å². The van der Waals surface area contributed by atoms with Crippen molar-refractivity contribution in [2.75, 3.05) is 12.0 Å². The fourth-order valence-corrected chi connectivity index (χ4v) is 3.68. The predicted molar refractivity (Wildman–Crippen MR) is 125 cm³/mol. The molecule has 0 fully saturated rings. The van der Waals surface area contributed by atoms with Crippen LogP contribution in [0, 0.1) is 0 Å². The van der Waals surface area contributed by atoms with Gasteiger partial charge in [0.15, 0.2) is 0 Å². The minimum Gasteiger partial charge on any atom is -0.165 e. The Hall–Kier alpha value is -0.140. The Kier molecular flexibility index (Phi) is 22.8. The summed E-state index contributed by atoms with van der Waals surface area (Å²) in [5, 5.41) is 0. The zero-order chi connectivity index (χ0) is 19.1. The molecule has 0 unspecified atom stereocenters. The molecule has 26 heavy (non-hydrogen) atoms. The molecular weight excluding hydrogens is 356 g/mol. The van der Waals surface area contributed by atoms with Crippen LogP contribution in [-0.4, -0.2) is 12.0 Å². The van der Waals surface area contributed by atoms with Crippen molar-refractivity contribution >= 4 is 23.4 Å². The third kappa shape index (κ3) is 20.2. The molecule has 1 aromatic carbocycles. The number of benzene rings is 1. The highest BCUT2D eigenvalue weighted by atomic mass is 35.5. The molecule has 152 valence electrons. The Morgan fingerprint density at radius 1 is 0.654 bits per heavy atom. The first kappa shape index (κ1) is 25.9. The normalized spacial score (nSPS) is 10.4. The summed E-state index contributed by atoms with van der Waals surface area (Å²) < 4.78 is 0. The van der Waals surface area contributed by atoms with Gasteiger partial charge >= 0.3 is 0 Å². The van der Waals surface area contributed by atoms with Crippen LogP contribution in [0.4, 0.5) is 0 Å². The third-order valence-corrected chi connectivity index (χ3v) is 5.70. The van der Waals surface area contributed by atoms with E-state index in [1.165, 1.54) is 101 Å². The van der Waals surface area contributed by atoms with Crippen molar-refractivity contribution < 1.29 is 0 Å². The van der Waals surface area contributed by atoms with Gasteiger partial charge in [0, 0.05) is 5.88 Å². The standard InChI is InChI=1S/C17H36S.C7H7Cl/c1-3-4-5-6-7-8-9-10-11-12-13-14-15-16-17-18-2;8-6-7-4-2-1-3-5-7/h3-17H2,1-2H3;1-5H,6H2. The Bertz CT molecular complexity index is 336. The van der Waals surface area contributed by atoms with E-state index in [1.54, 1.807) is 0 Å². The maximum atomic E-state index is 5.53. The maximum Gasteiger partial charge on any atom is 0.0474 e. The summed E-state index contributed by atoms with van der Waals surface area (Å²) in [4.78, 5) is 0. The largest absolute Gasteiger partial charge is 0.165 e. The average molecular weight is 399 g/mol. The molecular formula is C24H43ClS. The Balaban J connectivity index is 0.000000642. The zero-order valence-corrected chi connectivity index (χ0v) is 19.1. The maximum absolute atomic E-state index is 5.53. The number of unbranched alkanes of at least 4 members (excludes halogenated alkanes) is 13. The quantitative estimate of drug-likeness (QED) is 0.197. The number of rotatable bonds is 16. The van der Waals surface area contributed by atoms with E-state index in [-0.39, 0.29) is 0 Å². The Labute approximate surface area is 173 Å². The highest BCUT2D eigenvalue weighted by molar-refractivity contribution is 7.98. The molecule has 0 aromatic heterocycles. The van der Waals surface area contributed by atoms with E-state index in [2.05, 4.69) is 13.2 Å². The molecule has 0 atom stereocenters. The summed E-state index contributed by atoms with van der Waals surface area (Å²) in [6, 6.07) is 9.96. The molecule has 0 saturated carbocycles. The predicted octanol–water partition coefficient (Wildman–Crippen LogP) is 9.26. The molecule has 2 heteroatoms. The van der Waals surface area contributed by atoms with E-state index in [0.29, 0.717) is 5.88 Å². The molecule has 0 aliphatic carbocycles. The molecule has 1 rings (SSSR count). The third-order valence-electron chi connectivity index (χ3n) is 4.70. The van der Waals surface area contributed by atoms with Crippen LogP contribution in [-0.2, 0) is 5.88 Å². The second-order valence-corrected chi connectivity index (χ2v) is 8.46. The summed E-state index contributed by atoms with van der Waals surface area (Å²) in [5.74, 6) is 1.97. The van der Waals surface area contributed by atoms with Crippen molar-refractivity contribution in [2.45, 2.75) is 103 Å². The number of hydrogen-bond donors (Lipinski definition) is 0. The van der Waals surface area contributed by atoms with Gasteiger partial charge in [-0.1, -0.05) is 121 Å². The fourth-order valence-electron chi connectivity index (χ4n) is 3.01. The van der Waals surface area contributed by atoms with Crippen LogP contribution in [0.3, 0.4) is 0 Å². The van der Waals surface area contributed by atoms with Crippen molar-refractivity contribution in [1.29, 1.82) is 0 Å². The van der Waals surface area contributed by atoms with Crippen molar-refractivity contribution in [3.8, 4) is 0 Å². The molecule has 0 N–H and O–H groups in total. The molecule has 0 amide bonds. The lowest BCUT2D eigenvalue weighted by atomic mass is 10.0. The monoisotopic (exact) mass is 398 g/mol. The highest BCUT2D eigenvalue weighted by Crippen LogP contribution is 2.13. The average Bonchev–Trinajstić information content (AvgIpc) is 2.69. The van der Waals surface area contributed by atoms with Gasteiger partial charge in [-0.3, -0.25) is 0 Å². The Morgan fingerprint density at radius 3 is 1.42 bits per heavy atom. The fraction of sp³-hybridized carbons (Fsp3) is 0.750. The molecule has 1 aromatic rings. The Morgan fingerprint density at radius 2 is 1.08 bits per heavy atom. The van der Waals surface area contributed by atoms with Crippen LogP contribution in [0.5, 0.6) is 0 Å². The van der Waals surface area contributed by atoms with E-state index < -0.39 is 0 Å². The zero-order valence-electron chi connectivity index (χ0n) is 17.5. The lowest BCUT2D eigenvalue weighted by molar-refractivity contribution is 0.538.